The van der Waals surface area contributed by atoms with Gasteiger partial charge in [-0.1, -0.05) is 30.3 Å². The molecule has 0 spiro atoms. The molecule has 24 heavy (non-hydrogen) atoms. The van der Waals surface area contributed by atoms with Crippen LogP contribution in [0.3, 0.4) is 0 Å². The number of rotatable bonds is 3. The van der Waals surface area contributed by atoms with Crippen molar-refractivity contribution >= 4 is 5.69 Å². The highest BCUT2D eigenvalue weighted by molar-refractivity contribution is 5.71. The number of hydrogen-bond acceptors (Lipinski definition) is 4. The molecule has 0 aromatic heterocycles. The van der Waals surface area contributed by atoms with Crippen molar-refractivity contribution in [1.29, 1.82) is 10.5 Å². The fourth-order valence-corrected chi connectivity index (χ4v) is 2.36. The molecule has 0 heterocycles. The molecule has 0 amide bonds. The van der Waals surface area contributed by atoms with E-state index < -0.39 is 0 Å². The summed E-state index contributed by atoms with van der Waals surface area (Å²) in [4.78, 5) is 0. The fourth-order valence-electron chi connectivity index (χ4n) is 2.36. The average molecular weight is 311 g/mol. The predicted octanol–water partition coefficient (Wildman–Crippen LogP) is 4.47. The third-order valence-corrected chi connectivity index (χ3v) is 3.56. The number of ether oxygens (including phenoxy) is 1. The van der Waals surface area contributed by atoms with Gasteiger partial charge in [0.15, 0.2) is 0 Å². The van der Waals surface area contributed by atoms with Crippen LogP contribution in [0.5, 0.6) is 11.5 Å². The molecule has 0 aliphatic rings. The molecule has 0 atom stereocenters. The van der Waals surface area contributed by atoms with E-state index in [1.165, 1.54) is 0 Å². The largest absolute Gasteiger partial charge is 0.455 e. The van der Waals surface area contributed by atoms with Crippen molar-refractivity contribution in [2.24, 2.45) is 0 Å². The van der Waals surface area contributed by atoms with Gasteiger partial charge in [-0.2, -0.15) is 10.5 Å². The van der Waals surface area contributed by atoms with Crippen LogP contribution in [-0.4, -0.2) is 0 Å². The summed E-state index contributed by atoms with van der Waals surface area (Å²) in [7, 11) is 0. The highest BCUT2D eigenvalue weighted by Gasteiger charge is 2.10. The Hall–Kier alpha value is -3.76. The molecule has 0 aliphatic carbocycles. The molecule has 0 radical (unpaired) electrons. The first kappa shape index (κ1) is 15.1. The van der Waals surface area contributed by atoms with Gasteiger partial charge in [-0.05, 0) is 42.0 Å². The van der Waals surface area contributed by atoms with E-state index in [-0.39, 0.29) is 0 Å². The van der Waals surface area contributed by atoms with Crippen molar-refractivity contribution in [2.75, 3.05) is 5.73 Å². The molecular formula is C20H13N3O. The van der Waals surface area contributed by atoms with Gasteiger partial charge in [0.1, 0.15) is 17.6 Å². The number of nitrogens with zero attached hydrogens (tertiary/aromatic N) is 2. The first-order valence-corrected chi connectivity index (χ1v) is 7.28. The van der Waals surface area contributed by atoms with Gasteiger partial charge in [0.05, 0.1) is 17.2 Å². The van der Waals surface area contributed by atoms with Crippen LogP contribution in [0.1, 0.15) is 11.1 Å². The van der Waals surface area contributed by atoms with Crippen molar-refractivity contribution < 1.29 is 4.74 Å². The van der Waals surface area contributed by atoms with Crippen LogP contribution in [0.4, 0.5) is 5.69 Å². The number of para-hydroxylation sites is 1. The lowest BCUT2D eigenvalue weighted by atomic mass is 10.0. The van der Waals surface area contributed by atoms with Crippen LogP contribution in [0.25, 0.3) is 11.1 Å². The molecule has 0 unspecified atom stereocenters. The highest BCUT2D eigenvalue weighted by Crippen LogP contribution is 2.34. The van der Waals surface area contributed by atoms with E-state index in [4.69, 9.17) is 15.7 Å². The van der Waals surface area contributed by atoms with E-state index in [9.17, 15) is 5.26 Å². The minimum atomic E-state index is 0.379. The summed E-state index contributed by atoms with van der Waals surface area (Å²) in [6, 6.07) is 24.0. The fraction of sp³-hybridized carbons (Fsp3) is 0. The lowest BCUT2D eigenvalue weighted by molar-refractivity contribution is 0.483. The van der Waals surface area contributed by atoms with E-state index in [1.54, 1.807) is 30.3 Å². The normalized spacial score (nSPS) is 9.75. The minimum absolute atomic E-state index is 0.379. The SMILES string of the molecule is N#Cc1ccc(-c2ccccc2Oc2ccc(N)cc2C#N)cc1. The Kier molecular flexibility index (Phi) is 4.14. The summed E-state index contributed by atoms with van der Waals surface area (Å²) in [5.41, 5.74) is 9.01. The van der Waals surface area contributed by atoms with Crippen molar-refractivity contribution in [1.82, 2.24) is 0 Å². The number of nitrogens with two attached hydrogens (primary N) is 1. The Bertz CT molecular complexity index is 963. The zero-order chi connectivity index (χ0) is 16.9. The Morgan fingerprint density at radius 3 is 2.25 bits per heavy atom. The molecule has 4 nitrogen and oxygen atoms in total. The van der Waals surface area contributed by atoms with Crippen LogP contribution in [-0.2, 0) is 0 Å². The first-order valence-electron chi connectivity index (χ1n) is 7.28. The monoisotopic (exact) mass is 311 g/mol. The maximum absolute atomic E-state index is 9.25. The predicted molar refractivity (Wildman–Crippen MR) is 92.2 cm³/mol. The van der Waals surface area contributed by atoms with E-state index in [0.717, 1.165) is 11.1 Å². The molecule has 114 valence electrons. The maximum atomic E-state index is 9.25. The molecule has 0 saturated heterocycles. The molecule has 0 saturated carbocycles. The minimum Gasteiger partial charge on any atom is -0.455 e. The summed E-state index contributed by atoms with van der Waals surface area (Å²) in [6.07, 6.45) is 0. The van der Waals surface area contributed by atoms with Crippen LogP contribution >= 0.6 is 0 Å². The molecule has 3 aromatic rings. The van der Waals surface area contributed by atoms with Gasteiger partial charge in [-0.15, -0.1) is 0 Å². The van der Waals surface area contributed by atoms with Crippen molar-refractivity contribution in [3.05, 3.63) is 77.9 Å². The van der Waals surface area contributed by atoms with E-state index in [1.807, 2.05) is 36.4 Å². The van der Waals surface area contributed by atoms with Gasteiger partial charge in [0.25, 0.3) is 0 Å². The van der Waals surface area contributed by atoms with Gasteiger partial charge in [-0.3, -0.25) is 0 Å². The third-order valence-electron chi connectivity index (χ3n) is 3.56. The van der Waals surface area contributed by atoms with E-state index in [0.29, 0.717) is 28.3 Å². The zero-order valence-corrected chi connectivity index (χ0v) is 12.7. The van der Waals surface area contributed by atoms with Gasteiger partial charge >= 0.3 is 0 Å². The summed E-state index contributed by atoms with van der Waals surface area (Å²) >= 11 is 0. The lowest BCUT2D eigenvalue weighted by Gasteiger charge is -2.12. The van der Waals surface area contributed by atoms with Gasteiger partial charge in [-0.25, -0.2) is 0 Å². The third kappa shape index (κ3) is 3.04. The Morgan fingerprint density at radius 1 is 0.792 bits per heavy atom. The van der Waals surface area contributed by atoms with Crippen LogP contribution in [0.15, 0.2) is 66.7 Å². The van der Waals surface area contributed by atoms with Crippen molar-refractivity contribution in [2.45, 2.75) is 0 Å². The standard InChI is InChI=1S/C20H13N3O/c21-12-14-5-7-15(8-6-14)18-3-1-2-4-20(18)24-19-10-9-17(23)11-16(19)13-22/h1-11H,23H2. The molecule has 0 bridgehead atoms. The van der Waals surface area contributed by atoms with Gasteiger partial charge in [0, 0.05) is 11.3 Å². The second kappa shape index (κ2) is 6.56. The number of nitrogen functional groups attached to an aromatic ring is 1. The van der Waals surface area contributed by atoms with Crippen molar-refractivity contribution in [3.8, 4) is 34.8 Å². The lowest BCUT2D eigenvalue weighted by Crippen LogP contribution is -1.93. The summed E-state index contributed by atoms with van der Waals surface area (Å²) < 4.78 is 5.95. The second-order valence-corrected chi connectivity index (χ2v) is 5.15. The topological polar surface area (TPSA) is 82.8 Å². The molecule has 0 fully saturated rings. The molecule has 0 aliphatic heterocycles. The smallest absolute Gasteiger partial charge is 0.145 e. The zero-order valence-electron chi connectivity index (χ0n) is 12.7. The van der Waals surface area contributed by atoms with E-state index >= 15 is 0 Å². The van der Waals surface area contributed by atoms with Gasteiger partial charge in [0.2, 0.25) is 0 Å². The molecule has 2 N–H and O–H groups in total. The van der Waals surface area contributed by atoms with Crippen molar-refractivity contribution in [3.63, 3.8) is 0 Å². The molecule has 3 rings (SSSR count). The maximum Gasteiger partial charge on any atom is 0.145 e. The molecule has 4 heteroatoms. The Morgan fingerprint density at radius 2 is 1.54 bits per heavy atom. The number of nitriles is 2. The summed E-state index contributed by atoms with van der Waals surface area (Å²) in [5.74, 6) is 1.08. The van der Waals surface area contributed by atoms with E-state index in [2.05, 4.69) is 12.1 Å². The second-order valence-electron chi connectivity index (χ2n) is 5.15. The number of anilines is 1. The molecule has 3 aromatic carbocycles. The molecular weight excluding hydrogens is 298 g/mol. The Labute approximate surface area is 140 Å². The summed E-state index contributed by atoms with van der Waals surface area (Å²) in [6.45, 7) is 0. The van der Waals surface area contributed by atoms with Crippen LogP contribution in [0.2, 0.25) is 0 Å². The number of benzene rings is 3. The average Bonchev–Trinajstić information content (AvgIpc) is 2.63. The van der Waals surface area contributed by atoms with Gasteiger partial charge < -0.3 is 10.5 Å². The highest BCUT2D eigenvalue weighted by atomic mass is 16.5. The number of hydrogen-bond donors (Lipinski definition) is 1. The summed E-state index contributed by atoms with van der Waals surface area (Å²) in [5, 5.41) is 18.2. The first-order chi connectivity index (χ1) is 11.7. The van der Waals surface area contributed by atoms with Crippen LogP contribution in [0, 0.1) is 22.7 Å². The van der Waals surface area contributed by atoms with Crippen LogP contribution < -0.4 is 10.5 Å². The quantitative estimate of drug-likeness (QED) is 0.723. The Balaban J connectivity index is 2.01.